The SMILES string of the molecule is COc1ccc(N2C(=O)C(C)(C)[C@H]2c2c(O)ccc3ccccc23)cc1. The van der Waals surface area contributed by atoms with Crippen LogP contribution in [0.4, 0.5) is 5.69 Å². The highest BCUT2D eigenvalue weighted by Crippen LogP contribution is 2.55. The van der Waals surface area contributed by atoms with Gasteiger partial charge in [0.2, 0.25) is 5.91 Å². The smallest absolute Gasteiger partial charge is 0.235 e. The Morgan fingerprint density at radius 1 is 1.00 bits per heavy atom. The van der Waals surface area contributed by atoms with Gasteiger partial charge < -0.3 is 14.7 Å². The van der Waals surface area contributed by atoms with E-state index in [1.807, 2.05) is 68.4 Å². The molecule has 1 aliphatic heterocycles. The predicted molar refractivity (Wildman–Crippen MR) is 103 cm³/mol. The number of ether oxygens (including phenoxy) is 1. The van der Waals surface area contributed by atoms with E-state index in [1.165, 1.54) is 0 Å². The molecule has 1 N–H and O–H groups in total. The molecule has 0 saturated carbocycles. The number of phenols is 1. The Balaban J connectivity index is 1.88. The van der Waals surface area contributed by atoms with E-state index >= 15 is 0 Å². The van der Waals surface area contributed by atoms with Gasteiger partial charge in [0.15, 0.2) is 0 Å². The Labute approximate surface area is 152 Å². The second kappa shape index (κ2) is 5.77. The molecule has 26 heavy (non-hydrogen) atoms. The molecule has 1 aliphatic rings. The molecule has 1 heterocycles. The van der Waals surface area contributed by atoms with E-state index in [-0.39, 0.29) is 17.7 Å². The van der Waals surface area contributed by atoms with E-state index in [9.17, 15) is 9.90 Å². The molecule has 0 radical (unpaired) electrons. The Morgan fingerprint density at radius 3 is 2.38 bits per heavy atom. The summed E-state index contributed by atoms with van der Waals surface area (Å²) in [7, 11) is 1.61. The molecule has 0 unspecified atom stereocenters. The number of rotatable bonds is 3. The first-order valence-electron chi connectivity index (χ1n) is 8.63. The number of hydrogen-bond donors (Lipinski definition) is 1. The number of anilines is 1. The van der Waals surface area contributed by atoms with E-state index in [4.69, 9.17) is 4.74 Å². The quantitative estimate of drug-likeness (QED) is 0.701. The van der Waals surface area contributed by atoms with Crippen molar-refractivity contribution in [2.75, 3.05) is 12.0 Å². The van der Waals surface area contributed by atoms with E-state index in [0.29, 0.717) is 0 Å². The van der Waals surface area contributed by atoms with Crippen LogP contribution in [-0.2, 0) is 4.79 Å². The molecule has 1 fully saturated rings. The van der Waals surface area contributed by atoms with E-state index < -0.39 is 5.41 Å². The third kappa shape index (κ3) is 2.25. The van der Waals surface area contributed by atoms with Crippen molar-refractivity contribution < 1.29 is 14.6 Å². The van der Waals surface area contributed by atoms with Crippen LogP contribution >= 0.6 is 0 Å². The number of benzene rings is 3. The highest BCUT2D eigenvalue weighted by atomic mass is 16.5. The maximum atomic E-state index is 12.9. The first-order chi connectivity index (χ1) is 12.4. The number of methoxy groups -OCH3 is 1. The van der Waals surface area contributed by atoms with Gasteiger partial charge in [0.1, 0.15) is 11.5 Å². The number of phenolic OH excluding ortho intramolecular Hbond substituents is 1. The van der Waals surface area contributed by atoms with Crippen molar-refractivity contribution in [1.82, 2.24) is 0 Å². The van der Waals surface area contributed by atoms with Gasteiger partial charge in [0.05, 0.1) is 18.6 Å². The van der Waals surface area contributed by atoms with E-state index in [1.54, 1.807) is 18.1 Å². The molecule has 4 nitrogen and oxygen atoms in total. The Hall–Kier alpha value is -3.01. The summed E-state index contributed by atoms with van der Waals surface area (Å²) in [5, 5.41) is 12.7. The van der Waals surface area contributed by atoms with Crippen LogP contribution in [0.3, 0.4) is 0 Å². The fourth-order valence-corrected chi connectivity index (χ4v) is 3.87. The number of carbonyl (C=O) groups is 1. The Bertz CT molecular complexity index is 992. The Morgan fingerprint density at radius 2 is 1.69 bits per heavy atom. The van der Waals surface area contributed by atoms with E-state index in [0.717, 1.165) is 27.8 Å². The van der Waals surface area contributed by atoms with Gasteiger partial charge in [-0.15, -0.1) is 0 Å². The monoisotopic (exact) mass is 347 g/mol. The number of carbonyl (C=O) groups excluding carboxylic acids is 1. The van der Waals surface area contributed by atoms with Crippen LogP contribution in [0.25, 0.3) is 10.8 Å². The van der Waals surface area contributed by atoms with Crippen LogP contribution in [0, 0.1) is 5.41 Å². The zero-order chi connectivity index (χ0) is 18.5. The number of aromatic hydroxyl groups is 1. The standard InChI is InChI=1S/C22H21NO3/c1-22(2)20(19-17-7-5-4-6-14(17)8-13-18(19)24)23(21(22)25)15-9-11-16(26-3)12-10-15/h4-13,20,24H,1-3H3/t20-/m1/s1. The van der Waals surface area contributed by atoms with Crippen molar-refractivity contribution >= 4 is 22.4 Å². The zero-order valence-corrected chi connectivity index (χ0v) is 15.1. The molecule has 0 aromatic heterocycles. The number of hydrogen-bond acceptors (Lipinski definition) is 3. The van der Waals surface area contributed by atoms with Gasteiger partial charge >= 0.3 is 0 Å². The maximum Gasteiger partial charge on any atom is 0.235 e. The van der Waals surface area contributed by atoms with Crippen LogP contribution in [-0.4, -0.2) is 18.1 Å². The van der Waals surface area contributed by atoms with Crippen molar-refractivity contribution in [1.29, 1.82) is 0 Å². The minimum absolute atomic E-state index is 0.0417. The molecule has 4 heteroatoms. The van der Waals surface area contributed by atoms with Crippen molar-refractivity contribution in [2.45, 2.75) is 19.9 Å². The van der Waals surface area contributed by atoms with Crippen LogP contribution in [0.15, 0.2) is 60.7 Å². The average molecular weight is 347 g/mol. The summed E-state index contributed by atoms with van der Waals surface area (Å²) in [6, 6.07) is 18.7. The molecule has 1 atom stereocenters. The lowest BCUT2D eigenvalue weighted by Gasteiger charge is -2.53. The van der Waals surface area contributed by atoms with Gasteiger partial charge in [0, 0.05) is 11.3 Å². The average Bonchev–Trinajstić information content (AvgIpc) is 2.66. The number of fused-ring (bicyclic) bond motifs is 1. The lowest BCUT2D eigenvalue weighted by atomic mass is 9.69. The lowest BCUT2D eigenvalue weighted by Crippen LogP contribution is -2.61. The fourth-order valence-electron chi connectivity index (χ4n) is 3.87. The Kier molecular flexibility index (Phi) is 3.65. The highest BCUT2D eigenvalue weighted by molar-refractivity contribution is 6.07. The first kappa shape index (κ1) is 16.5. The summed E-state index contributed by atoms with van der Waals surface area (Å²) in [5.41, 5.74) is 0.998. The van der Waals surface area contributed by atoms with Gasteiger partial charge in [-0.2, -0.15) is 0 Å². The molecular formula is C22H21NO3. The molecule has 4 rings (SSSR count). The minimum Gasteiger partial charge on any atom is -0.508 e. The van der Waals surface area contributed by atoms with Crippen LogP contribution in [0.5, 0.6) is 11.5 Å². The molecule has 0 bridgehead atoms. The molecule has 132 valence electrons. The maximum absolute atomic E-state index is 12.9. The van der Waals surface area contributed by atoms with Crippen LogP contribution in [0.1, 0.15) is 25.5 Å². The second-order valence-electron chi connectivity index (χ2n) is 7.22. The van der Waals surface area contributed by atoms with Gasteiger partial charge in [-0.25, -0.2) is 0 Å². The highest BCUT2D eigenvalue weighted by Gasteiger charge is 2.56. The predicted octanol–water partition coefficient (Wildman–Crippen LogP) is 4.67. The summed E-state index contributed by atoms with van der Waals surface area (Å²) < 4.78 is 5.21. The molecular weight excluding hydrogens is 326 g/mol. The van der Waals surface area contributed by atoms with Crippen molar-refractivity contribution in [3.8, 4) is 11.5 Å². The third-order valence-electron chi connectivity index (χ3n) is 5.28. The molecule has 0 aliphatic carbocycles. The van der Waals surface area contributed by atoms with Crippen LogP contribution in [0.2, 0.25) is 0 Å². The first-order valence-corrected chi connectivity index (χ1v) is 8.63. The number of nitrogens with zero attached hydrogens (tertiary/aromatic N) is 1. The molecule has 1 saturated heterocycles. The molecule has 0 spiro atoms. The summed E-state index contributed by atoms with van der Waals surface area (Å²) >= 11 is 0. The largest absolute Gasteiger partial charge is 0.508 e. The minimum atomic E-state index is -0.596. The van der Waals surface area contributed by atoms with Crippen molar-refractivity contribution in [3.63, 3.8) is 0 Å². The topological polar surface area (TPSA) is 49.8 Å². The lowest BCUT2D eigenvalue weighted by molar-refractivity contribution is -0.137. The van der Waals surface area contributed by atoms with Gasteiger partial charge in [-0.3, -0.25) is 4.79 Å². The van der Waals surface area contributed by atoms with E-state index in [2.05, 4.69) is 0 Å². The number of β-lactam (4-membered cyclic amide) rings is 1. The number of amides is 1. The summed E-state index contributed by atoms with van der Waals surface area (Å²) in [6.45, 7) is 3.86. The zero-order valence-electron chi connectivity index (χ0n) is 15.1. The second-order valence-corrected chi connectivity index (χ2v) is 7.22. The van der Waals surface area contributed by atoms with Gasteiger partial charge in [-0.05, 0) is 55.0 Å². The summed E-state index contributed by atoms with van der Waals surface area (Å²) in [4.78, 5) is 14.6. The molecule has 3 aromatic rings. The van der Waals surface area contributed by atoms with Crippen LogP contribution < -0.4 is 9.64 Å². The molecule has 3 aromatic carbocycles. The van der Waals surface area contributed by atoms with Crippen molar-refractivity contribution in [3.05, 3.63) is 66.2 Å². The normalized spacial score (nSPS) is 18.7. The summed E-state index contributed by atoms with van der Waals surface area (Å²) in [6.07, 6.45) is 0. The van der Waals surface area contributed by atoms with Gasteiger partial charge in [-0.1, -0.05) is 30.3 Å². The molecule has 1 amide bonds. The van der Waals surface area contributed by atoms with Gasteiger partial charge in [0.25, 0.3) is 0 Å². The fraction of sp³-hybridized carbons (Fsp3) is 0.227. The van der Waals surface area contributed by atoms with Crippen molar-refractivity contribution in [2.24, 2.45) is 5.41 Å². The summed E-state index contributed by atoms with van der Waals surface area (Å²) in [5.74, 6) is 0.998. The third-order valence-corrected chi connectivity index (χ3v) is 5.28.